The molecule has 2 aliphatic heterocycles. The molecule has 0 aromatic carbocycles. The van der Waals surface area contributed by atoms with Crippen LogP contribution in [-0.2, 0) is 0 Å². The van der Waals surface area contributed by atoms with E-state index in [4.69, 9.17) is 0 Å². The van der Waals surface area contributed by atoms with Gasteiger partial charge in [-0.05, 0) is 46.1 Å². The van der Waals surface area contributed by atoms with E-state index in [1.165, 1.54) is 44.3 Å². The minimum absolute atomic E-state index is 0.449. The Labute approximate surface area is 87.5 Å². The lowest BCUT2D eigenvalue weighted by molar-refractivity contribution is 0.141. The van der Waals surface area contributed by atoms with E-state index in [1.54, 1.807) is 5.57 Å². The topological polar surface area (TPSA) is 3.24 Å². The summed E-state index contributed by atoms with van der Waals surface area (Å²) in [6.07, 6.45) is 7.58. The van der Waals surface area contributed by atoms with Gasteiger partial charge in [0.05, 0.1) is 0 Å². The maximum absolute atomic E-state index is 4.08. The SMILES string of the molecule is C=C(C)CC12CCCN1CC=C(C)C2. The van der Waals surface area contributed by atoms with Gasteiger partial charge in [-0.2, -0.15) is 0 Å². The van der Waals surface area contributed by atoms with Crippen LogP contribution in [0.2, 0.25) is 0 Å². The Balaban J connectivity index is 2.20. The fourth-order valence-electron chi connectivity index (χ4n) is 3.16. The van der Waals surface area contributed by atoms with Crippen LogP contribution >= 0.6 is 0 Å². The van der Waals surface area contributed by atoms with Gasteiger partial charge in [0, 0.05) is 12.1 Å². The van der Waals surface area contributed by atoms with Crippen molar-refractivity contribution in [3.63, 3.8) is 0 Å². The zero-order valence-electron chi connectivity index (χ0n) is 9.47. The Hall–Kier alpha value is -0.560. The molecule has 1 nitrogen and oxygen atoms in total. The highest BCUT2D eigenvalue weighted by molar-refractivity contribution is 5.18. The summed E-state index contributed by atoms with van der Waals surface area (Å²) in [4.78, 5) is 2.66. The lowest BCUT2D eigenvalue weighted by Gasteiger charge is -2.42. The number of hydrogen-bond donors (Lipinski definition) is 0. The van der Waals surface area contributed by atoms with E-state index in [0.29, 0.717) is 5.54 Å². The fourth-order valence-corrected chi connectivity index (χ4v) is 3.16. The maximum Gasteiger partial charge on any atom is 0.0287 e. The molecule has 0 amide bonds. The number of rotatable bonds is 2. The maximum atomic E-state index is 4.08. The lowest BCUT2D eigenvalue weighted by Crippen LogP contribution is -2.46. The molecule has 2 heterocycles. The molecule has 0 bridgehead atoms. The fraction of sp³-hybridized carbons (Fsp3) is 0.692. The van der Waals surface area contributed by atoms with E-state index in [1.807, 2.05) is 0 Å². The molecule has 2 aliphatic rings. The predicted molar refractivity (Wildman–Crippen MR) is 61.3 cm³/mol. The highest BCUT2D eigenvalue weighted by Gasteiger charge is 2.41. The van der Waals surface area contributed by atoms with Crippen molar-refractivity contribution in [2.45, 2.75) is 45.1 Å². The summed E-state index contributed by atoms with van der Waals surface area (Å²) in [5, 5.41) is 0. The first-order valence-electron chi connectivity index (χ1n) is 5.67. The van der Waals surface area contributed by atoms with Crippen LogP contribution in [-0.4, -0.2) is 23.5 Å². The van der Waals surface area contributed by atoms with Crippen LogP contribution in [0.1, 0.15) is 39.5 Å². The summed E-state index contributed by atoms with van der Waals surface area (Å²) in [5.41, 5.74) is 3.36. The van der Waals surface area contributed by atoms with Gasteiger partial charge in [0.1, 0.15) is 0 Å². The minimum atomic E-state index is 0.449. The van der Waals surface area contributed by atoms with E-state index >= 15 is 0 Å². The Morgan fingerprint density at radius 2 is 2.43 bits per heavy atom. The smallest absolute Gasteiger partial charge is 0.0287 e. The summed E-state index contributed by atoms with van der Waals surface area (Å²) in [6, 6.07) is 0. The Kier molecular flexibility index (Phi) is 2.52. The Bertz CT molecular complexity index is 277. The molecule has 0 aromatic heterocycles. The summed E-state index contributed by atoms with van der Waals surface area (Å²) in [5.74, 6) is 0. The van der Waals surface area contributed by atoms with Gasteiger partial charge in [0.25, 0.3) is 0 Å². The predicted octanol–water partition coefficient (Wildman–Crippen LogP) is 3.14. The highest BCUT2D eigenvalue weighted by Crippen LogP contribution is 2.41. The van der Waals surface area contributed by atoms with Crippen molar-refractivity contribution in [2.24, 2.45) is 0 Å². The van der Waals surface area contributed by atoms with E-state index in [2.05, 4.69) is 31.4 Å². The van der Waals surface area contributed by atoms with Gasteiger partial charge in [-0.1, -0.05) is 17.2 Å². The number of fused-ring (bicyclic) bond motifs is 1. The molecule has 0 spiro atoms. The standard InChI is InChI=1S/C13H21N/c1-11(2)9-13-6-4-7-14(13)8-5-12(3)10-13/h5H,1,4,6-10H2,2-3H3. The third-order valence-electron chi connectivity index (χ3n) is 3.64. The molecule has 2 rings (SSSR count). The van der Waals surface area contributed by atoms with Gasteiger partial charge >= 0.3 is 0 Å². The van der Waals surface area contributed by atoms with Crippen LogP contribution < -0.4 is 0 Å². The second-order valence-corrected chi connectivity index (χ2v) is 5.14. The first kappa shape index (κ1) is 9.97. The van der Waals surface area contributed by atoms with Crippen molar-refractivity contribution < 1.29 is 0 Å². The van der Waals surface area contributed by atoms with Crippen LogP contribution in [0.15, 0.2) is 23.8 Å². The average molecular weight is 191 g/mol. The van der Waals surface area contributed by atoms with Crippen LogP contribution in [0, 0.1) is 0 Å². The molecule has 1 saturated heterocycles. The van der Waals surface area contributed by atoms with Crippen molar-refractivity contribution in [1.82, 2.24) is 4.90 Å². The van der Waals surface area contributed by atoms with Gasteiger partial charge < -0.3 is 0 Å². The van der Waals surface area contributed by atoms with Gasteiger partial charge in [0.15, 0.2) is 0 Å². The van der Waals surface area contributed by atoms with Crippen LogP contribution in [0.5, 0.6) is 0 Å². The molecule has 0 aliphatic carbocycles. The second-order valence-electron chi connectivity index (χ2n) is 5.14. The van der Waals surface area contributed by atoms with Crippen molar-refractivity contribution >= 4 is 0 Å². The van der Waals surface area contributed by atoms with Gasteiger partial charge in [-0.15, -0.1) is 6.58 Å². The van der Waals surface area contributed by atoms with E-state index < -0.39 is 0 Å². The van der Waals surface area contributed by atoms with Gasteiger partial charge in [-0.3, -0.25) is 4.90 Å². The molecule has 1 fully saturated rings. The van der Waals surface area contributed by atoms with Crippen molar-refractivity contribution in [3.8, 4) is 0 Å². The zero-order chi connectivity index (χ0) is 10.2. The Morgan fingerprint density at radius 1 is 1.64 bits per heavy atom. The summed E-state index contributed by atoms with van der Waals surface area (Å²) in [7, 11) is 0. The molecule has 1 heteroatoms. The summed E-state index contributed by atoms with van der Waals surface area (Å²) < 4.78 is 0. The molecular weight excluding hydrogens is 170 g/mol. The quantitative estimate of drug-likeness (QED) is 0.606. The highest BCUT2D eigenvalue weighted by atomic mass is 15.2. The molecule has 78 valence electrons. The molecule has 0 aromatic rings. The average Bonchev–Trinajstić information content (AvgIpc) is 2.44. The van der Waals surface area contributed by atoms with E-state index in [9.17, 15) is 0 Å². The molecule has 1 unspecified atom stereocenters. The number of hydrogen-bond acceptors (Lipinski definition) is 1. The summed E-state index contributed by atoms with van der Waals surface area (Å²) in [6.45, 7) is 11.0. The monoisotopic (exact) mass is 191 g/mol. The third-order valence-corrected chi connectivity index (χ3v) is 3.64. The minimum Gasteiger partial charge on any atom is -0.293 e. The first-order chi connectivity index (χ1) is 6.62. The molecular formula is C13H21N. The summed E-state index contributed by atoms with van der Waals surface area (Å²) >= 11 is 0. The normalized spacial score (nSPS) is 32.6. The van der Waals surface area contributed by atoms with Crippen LogP contribution in [0.4, 0.5) is 0 Å². The molecule has 0 N–H and O–H groups in total. The second kappa shape index (κ2) is 3.54. The van der Waals surface area contributed by atoms with Crippen LogP contribution in [0.25, 0.3) is 0 Å². The molecule has 1 atom stereocenters. The van der Waals surface area contributed by atoms with Gasteiger partial charge in [-0.25, -0.2) is 0 Å². The van der Waals surface area contributed by atoms with Crippen LogP contribution in [0.3, 0.4) is 0 Å². The first-order valence-corrected chi connectivity index (χ1v) is 5.67. The van der Waals surface area contributed by atoms with Gasteiger partial charge in [0.2, 0.25) is 0 Å². The van der Waals surface area contributed by atoms with Crippen molar-refractivity contribution in [3.05, 3.63) is 23.8 Å². The van der Waals surface area contributed by atoms with Crippen molar-refractivity contribution in [1.29, 1.82) is 0 Å². The zero-order valence-corrected chi connectivity index (χ0v) is 9.47. The third kappa shape index (κ3) is 1.66. The van der Waals surface area contributed by atoms with E-state index in [0.717, 1.165) is 0 Å². The van der Waals surface area contributed by atoms with Crippen molar-refractivity contribution in [2.75, 3.05) is 13.1 Å². The molecule has 14 heavy (non-hydrogen) atoms. The Morgan fingerprint density at radius 3 is 3.14 bits per heavy atom. The number of nitrogens with zero attached hydrogens (tertiary/aromatic N) is 1. The molecule has 0 saturated carbocycles. The lowest BCUT2D eigenvalue weighted by atomic mass is 9.81. The van der Waals surface area contributed by atoms with E-state index in [-0.39, 0.29) is 0 Å². The molecule has 0 radical (unpaired) electrons. The largest absolute Gasteiger partial charge is 0.293 e.